The Hall–Kier alpha value is -1.75. The molecule has 0 saturated carbocycles. The first-order valence-electron chi connectivity index (χ1n) is 7.83. The zero-order valence-corrected chi connectivity index (χ0v) is 14.3. The molecule has 0 amide bonds. The number of guanidine groups is 1. The molecule has 0 fully saturated rings. The van der Waals surface area contributed by atoms with Gasteiger partial charge in [-0.15, -0.1) is 0 Å². The number of benzene rings is 1. The maximum absolute atomic E-state index is 5.54. The van der Waals surface area contributed by atoms with Gasteiger partial charge in [-0.25, -0.2) is 0 Å². The van der Waals surface area contributed by atoms with Crippen molar-refractivity contribution in [1.82, 2.24) is 10.2 Å². The second-order valence-electron chi connectivity index (χ2n) is 5.14. The number of rotatable bonds is 9. The van der Waals surface area contributed by atoms with Gasteiger partial charge in [-0.3, -0.25) is 4.99 Å². The van der Waals surface area contributed by atoms with E-state index in [1.165, 1.54) is 12.0 Å². The van der Waals surface area contributed by atoms with Crippen molar-refractivity contribution >= 4 is 5.96 Å². The van der Waals surface area contributed by atoms with E-state index in [4.69, 9.17) is 9.47 Å². The van der Waals surface area contributed by atoms with Gasteiger partial charge in [0.25, 0.3) is 0 Å². The average Bonchev–Trinajstić information content (AvgIpc) is 2.55. The summed E-state index contributed by atoms with van der Waals surface area (Å²) < 4.78 is 10.7. The summed E-state index contributed by atoms with van der Waals surface area (Å²) in [5.41, 5.74) is 1.21. The van der Waals surface area contributed by atoms with Crippen LogP contribution in [-0.4, -0.2) is 51.8 Å². The predicted molar refractivity (Wildman–Crippen MR) is 91.5 cm³/mol. The van der Waals surface area contributed by atoms with E-state index in [9.17, 15) is 0 Å². The van der Waals surface area contributed by atoms with Crippen molar-refractivity contribution in [3.8, 4) is 5.75 Å². The van der Waals surface area contributed by atoms with E-state index in [2.05, 4.69) is 34.3 Å². The molecule has 5 heteroatoms. The smallest absolute Gasteiger partial charge is 0.193 e. The molecule has 124 valence electrons. The molecule has 0 bridgehead atoms. The normalized spacial score (nSPS) is 11.4. The van der Waals surface area contributed by atoms with Crippen LogP contribution in [0.2, 0.25) is 0 Å². The van der Waals surface area contributed by atoms with Crippen LogP contribution in [0.25, 0.3) is 0 Å². The SMILES string of the molecule is CCCCOCCNC(=NC)N(C)Cc1ccc(OC)cc1. The molecule has 0 saturated heterocycles. The van der Waals surface area contributed by atoms with Gasteiger partial charge in [-0.2, -0.15) is 0 Å². The molecular weight excluding hydrogens is 278 g/mol. The Labute approximate surface area is 134 Å². The Morgan fingerprint density at radius 1 is 1.23 bits per heavy atom. The van der Waals surface area contributed by atoms with Crippen LogP contribution in [0.3, 0.4) is 0 Å². The van der Waals surface area contributed by atoms with Crippen LogP contribution in [0.5, 0.6) is 5.75 Å². The lowest BCUT2D eigenvalue weighted by Gasteiger charge is -2.22. The van der Waals surface area contributed by atoms with Gasteiger partial charge in [-0.05, 0) is 24.1 Å². The van der Waals surface area contributed by atoms with E-state index < -0.39 is 0 Å². The van der Waals surface area contributed by atoms with E-state index in [1.54, 1.807) is 14.2 Å². The van der Waals surface area contributed by atoms with E-state index in [0.717, 1.165) is 37.8 Å². The second-order valence-corrected chi connectivity index (χ2v) is 5.14. The van der Waals surface area contributed by atoms with Gasteiger partial charge in [0, 0.05) is 33.8 Å². The highest BCUT2D eigenvalue weighted by molar-refractivity contribution is 5.79. The van der Waals surface area contributed by atoms with E-state index >= 15 is 0 Å². The minimum absolute atomic E-state index is 0.704. The third-order valence-electron chi connectivity index (χ3n) is 3.32. The van der Waals surface area contributed by atoms with Gasteiger partial charge in [0.1, 0.15) is 5.75 Å². The second kappa shape index (κ2) is 10.9. The predicted octanol–water partition coefficient (Wildman–Crippen LogP) is 2.52. The quantitative estimate of drug-likeness (QED) is 0.432. The summed E-state index contributed by atoms with van der Waals surface area (Å²) in [5.74, 6) is 1.74. The van der Waals surface area contributed by atoms with Crippen molar-refractivity contribution in [2.24, 2.45) is 4.99 Å². The van der Waals surface area contributed by atoms with Crippen LogP contribution < -0.4 is 10.1 Å². The summed E-state index contributed by atoms with van der Waals surface area (Å²) in [7, 11) is 5.50. The molecule has 0 aliphatic heterocycles. The Morgan fingerprint density at radius 3 is 2.55 bits per heavy atom. The third kappa shape index (κ3) is 6.80. The first-order chi connectivity index (χ1) is 10.7. The molecule has 0 aliphatic carbocycles. The Kier molecular flexibility index (Phi) is 9.07. The number of unbranched alkanes of at least 4 members (excludes halogenated alkanes) is 1. The van der Waals surface area contributed by atoms with Crippen molar-refractivity contribution in [3.63, 3.8) is 0 Å². The number of hydrogen-bond donors (Lipinski definition) is 1. The molecule has 1 N–H and O–H groups in total. The number of aliphatic imine (C=N–C) groups is 1. The minimum Gasteiger partial charge on any atom is -0.497 e. The summed E-state index contributed by atoms with van der Waals surface area (Å²) in [6.45, 7) is 5.26. The number of nitrogens with one attached hydrogen (secondary N) is 1. The van der Waals surface area contributed by atoms with Crippen molar-refractivity contribution < 1.29 is 9.47 Å². The molecule has 0 atom stereocenters. The number of ether oxygens (including phenoxy) is 2. The van der Waals surface area contributed by atoms with Crippen LogP contribution in [0.1, 0.15) is 25.3 Å². The molecule has 0 unspecified atom stereocenters. The zero-order valence-electron chi connectivity index (χ0n) is 14.3. The van der Waals surface area contributed by atoms with Crippen molar-refractivity contribution in [2.75, 3.05) is 41.0 Å². The summed E-state index contributed by atoms with van der Waals surface area (Å²) >= 11 is 0. The maximum Gasteiger partial charge on any atom is 0.193 e. The molecule has 0 aromatic heterocycles. The molecule has 0 aliphatic rings. The van der Waals surface area contributed by atoms with Crippen molar-refractivity contribution in [1.29, 1.82) is 0 Å². The lowest BCUT2D eigenvalue weighted by molar-refractivity contribution is 0.135. The maximum atomic E-state index is 5.54. The van der Waals surface area contributed by atoms with Crippen molar-refractivity contribution in [2.45, 2.75) is 26.3 Å². The van der Waals surface area contributed by atoms with Crippen LogP contribution in [0, 0.1) is 0 Å². The van der Waals surface area contributed by atoms with E-state index in [-0.39, 0.29) is 0 Å². The highest BCUT2D eigenvalue weighted by Crippen LogP contribution is 2.12. The fourth-order valence-corrected chi connectivity index (χ4v) is 2.05. The van der Waals surface area contributed by atoms with Gasteiger partial charge in [-0.1, -0.05) is 25.5 Å². The standard InChI is InChI=1S/C17H29N3O2/c1-5-6-12-22-13-11-19-17(18-2)20(3)14-15-7-9-16(21-4)10-8-15/h7-10H,5-6,11-14H2,1-4H3,(H,18,19). The summed E-state index contributed by atoms with van der Waals surface area (Å²) in [4.78, 5) is 6.39. The van der Waals surface area contributed by atoms with Gasteiger partial charge >= 0.3 is 0 Å². The topological polar surface area (TPSA) is 46.1 Å². The van der Waals surface area contributed by atoms with Gasteiger partial charge in [0.15, 0.2) is 5.96 Å². The van der Waals surface area contributed by atoms with Gasteiger partial charge < -0.3 is 19.7 Å². The number of hydrogen-bond acceptors (Lipinski definition) is 3. The lowest BCUT2D eigenvalue weighted by atomic mass is 10.2. The summed E-state index contributed by atoms with van der Waals surface area (Å²) in [6.07, 6.45) is 2.28. The Balaban J connectivity index is 2.35. The first kappa shape index (κ1) is 18.3. The van der Waals surface area contributed by atoms with E-state index in [0.29, 0.717) is 6.61 Å². The monoisotopic (exact) mass is 307 g/mol. The first-order valence-corrected chi connectivity index (χ1v) is 7.83. The van der Waals surface area contributed by atoms with Crippen molar-refractivity contribution in [3.05, 3.63) is 29.8 Å². The molecule has 0 heterocycles. The fourth-order valence-electron chi connectivity index (χ4n) is 2.05. The van der Waals surface area contributed by atoms with Gasteiger partial charge in [0.2, 0.25) is 0 Å². The largest absolute Gasteiger partial charge is 0.497 e. The zero-order chi connectivity index (χ0) is 16.2. The Morgan fingerprint density at radius 2 is 1.95 bits per heavy atom. The van der Waals surface area contributed by atoms with Gasteiger partial charge in [0.05, 0.1) is 13.7 Å². The third-order valence-corrected chi connectivity index (χ3v) is 3.32. The Bertz CT molecular complexity index is 432. The molecule has 0 spiro atoms. The average molecular weight is 307 g/mol. The molecule has 1 aromatic carbocycles. The fraction of sp³-hybridized carbons (Fsp3) is 0.588. The van der Waals surface area contributed by atoms with E-state index in [1.807, 2.05) is 19.2 Å². The minimum atomic E-state index is 0.704. The van der Waals surface area contributed by atoms with Crippen LogP contribution in [0.15, 0.2) is 29.3 Å². The highest BCUT2D eigenvalue weighted by atomic mass is 16.5. The van der Waals surface area contributed by atoms with Crippen LogP contribution in [0.4, 0.5) is 0 Å². The molecule has 1 aromatic rings. The van der Waals surface area contributed by atoms with Crippen LogP contribution in [-0.2, 0) is 11.3 Å². The number of methoxy groups -OCH3 is 1. The summed E-state index contributed by atoms with van der Waals surface area (Å²) in [5, 5.41) is 3.32. The molecule has 22 heavy (non-hydrogen) atoms. The van der Waals surface area contributed by atoms with Crippen LogP contribution >= 0.6 is 0 Å². The molecule has 1 rings (SSSR count). The summed E-state index contributed by atoms with van der Waals surface area (Å²) in [6, 6.07) is 8.08. The number of nitrogens with zero attached hydrogens (tertiary/aromatic N) is 2. The highest BCUT2D eigenvalue weighted by Gasteiger charge is 2.06. The molecule has 0 radical (unpaired) electrons. The molecule has 5 nitrogen and oxygen atoms in total. The molecular formula is C17H29N3O2. The lowest BCUT2D eigenvalue weighted by Crippen LogP contribution is -2.39.